The fourth-order valence-electron chi connectivity index (χ4n) is 17.0. The van der Waals surface area contributed by atoms with E-state index in [1.54, 1.807) is 0 Å². The standard InChI is InChI=1S/2C27H38O2/c2*1-26-14-12-20(28)17-19(26)8-9-21-22-10-11-24(27(22,2)15-13-23(21)26)25(29)16-18-6-4-3-5-7-18/h16-17,21-24H,3-15H2,1-2H3;6,17,21-24H,3-5,7-16H2,1-2H3/t2*21-,22-,23-,24+,26-,27-/m00/s1. The molecule has 10 rings (SSSR count). The van der Waals surface area contributed by atoms with Crippen LogP contribution in [-0.4, -0.2) is 23.1 Å². The van der Waals surface area contributed by atoms with Gasteiger partial charge >= 0.3 is 0 Å². The highest BCUT2D eigenvalue weighted by molar-refractivity contribution is 5.93. The molecule has 0 heterocycles. The van der Waals surface area contributed by atoms with Crippen LogP contribution < -0.4 is 0 Å². The molecule has 0 saturated heterocycles. The maximum Gasteiger partial charge on any atom is 0.159 e. The molecule has 0 aromatic rings. The molecule has 0 unspecified atom stereocenters. The van der Waals surface area contributed by atoms with Crippen molar-refractivity contribution in [3.8, 4) is 0 Å². The van der Waals surface area contributed by atoms with E-state index in [0.29, 0.717) is 35.0 Å². The van der Waals surface area contributed by atoms with Gasteiger partial charge in [-0.15, -0.1) is 0 Å². The fourth-order valence-corrected chi connectivity index (χ4v) is 17.0. The summed E-state index contributed by atoms with van der Waals surface area (Å²) >= 11 is 0. The quantitative estimate of drug-likeness (QED) is 0.205. The second-order valence-electron chi connectivity index (χ2n) is 22.8. The van der Waals surface area contributed by atoms with Crippen LogP contribution in [0, 0.1) is 69.0 Å². The first-order chi connectivity index (χ1) is 27.8. The Morgan fingerprint density at radius 1 is 0.569 bits per heavy atom. The summed E-state index contributed by atoms with van der Waals surface area (Å²) in [6, 6.07) is 0. The molecule has 4 heteroatoms. The minimum Gasteiger partial charge on any atom is -0.299 e. The number of fused-ring (bicyclic) bond motifs is 10. The number of carbonyl (C=O) groups is 4. The molecule has 0 aromatic carbocycles. The minimum absolute atomic E-state index is 0.200. The normalized spacial score (nSPS) is 44.3. The lowest BCUT2D eigenvalue weighted by molar-refractivity contribution is -0.130. The highest BCUT2D eigenvalue weighted by Crippen LogP contribution is 2.68. The molecule has 58 heavy (non-hydrogen) atoms. The second kappa shape index (κ2) is 15.8. The second-order valence-corrected chi connectivity index (χ2v) is 22.8. The molecule has 10 aliphatic rings. The van der Waals surface area contributed by atoms with Gasteiger partial charge in [-0.05, 0) is 217 Å². The zero-order valence-electron chi connectivity index (χ0n) is 36.9. The Labute approximate surface area is 351 Å². The summed E-state index contributed by atoms with van der Waals surface area (Å²) in [7, 11) is 0. The van der Waals surface area contributed by atoms with Crippen molar-refractivity contribution in [1.82, 2.24) is 0 Å². The van der Waals surface area contributed by atoms with E-state index in [-0.39, 0.29) is 33.5 Å². The lowest BCUT2D eigenvalue weighted by Crippen LogP contribution is -2.51. The van der Waals surface area contributed by atoms with Crippen LogP contribution >= 0.6 is 0 Å². The number of hydrogen-bond donors (Lipinski definition) is 0. The first-order valence-electron chi connectivity index (χ1n) is 24.8. The predicted molar refractivity (Wildman–Crippen MR) is 233 cm³/mol. The van der Waals surface area contributed by atoms with Gasteiger partial charge in [0.1, 0.15) is 5.78 Å². The topological polar surface area (TPSA) is 68.3 Å². The number of allylic oxidation sites excluding steroid dienone is 6. The van der Waals surface area contributed by atoms with Gasteiger partial charge < -0.3 is 0 Å². The molecule has 0 amide bonds. The van der Waals surface area contributed by atoms with Gasteiger partial charge in [0.2, 0.25) is 0 Å². The Hall–Kier alpha value is -2.36. The van der Waals surface area contributed by atoms with Crippen LogP contribution in [0.1, 0.15) is 195 Å². The largest absolute Gasteiger partial charge is 0.299 e. The molecule has 7 saturated carbocycles. The van der Waals surface area contributed by atoms with Gasteiger partial charge in [0.25, 0.3) is 0 Å². The Balaban J connectivity index is 0.000000150. The van der Waals surface area contributed by atoms with Crippen LogP contribution in [0.25, 0.3) is 0 Å². The molecule has 0 radical (unpaired) electrons. The van der Waals surface area contributed by atoms with Gasteiger partial charge in [0.15, 0.2) is 17.3 Å². The Bertz CT molecular complexity index is 1800. The van der Waals surface area contributed by atoms with Crippen LogP contribution in [0.4, 0.5) is 0 Å². The van der Waals surface area contributed by atoms with E-state index in [9.17, 15) is 19.2 Å². The monoisotopic (exact) mass is 789 g/mol. The van der Waals surface area contributed by atoms with Crippen LogP contribution in [0.2, 0.25) is 0 Å². The smallest absolute Gasteiger partial charge is 0.159 e. The summed E-state index contributed by atoms with van der Waals surface area (Å²) < 4.78 is 0. The van der Waals surface area contributed by atoms with Crippen molar-refractivity contribution in [2.24, 2.45) is 69.0 Å². The number of carbonyl (C=O) groups excluding carboxylic acids is 4. The summed E-state index contributed by atoms with van der Waals surface area (Å²) in [6.45, 7) is 9.84. The van der Waals surface area contributed by atoms with Crippen molar-refractivity contribution < 1.29 is 19.2 Å². The van der Waals surface area contributed by atoms with E-state index in [0.717, 1.165) is 101 Å². The zero-order chi connectivity index (χ0) is 40.5. The molecular weight excluding hydrogens is 713 g/mol. The van der Waals surface area contributed by atoms with Crippen molar-refractivity contribution in [2.75, 3.05) is 0 Å². The van der Waals surface area contributed by atoms with Gasteiger partial charge in [-0.3, -0.25) is 19.2 Å². The fraction of sp³-hybridized carbons (Fsp3) is 0.778. The van der Waals surface area contributed by atoms with Crippen molar-refractivity contribution in [3.05, 3.63) is 46.6 Å². The molecule has 12 atom stereocenters. The molecule has 316 valence electrons. The van der Waals surface area contributed by atoms with Gasteiger partial charge in [-0.1, -0.05) is 62.5 Å². The van der Waals surface area contributed by atoms with E-state index in [4.69, 9.17) is 0 Å². The third kappa shape index (κ3) is 7.01. The van der Waals surface area contributed by atoms with Crippen LogP contribution in [0.3, 0.4) is 0 Å². The molecule has 7 fully saturated rings. The molecule has 10 aliphatic carbocycles. The Morgan fingerprint density at radius 3 is 1.66 bits per heavy atom. The highest BCUT2D eigenvalue weighted by Gasteiger charge is 2.61. The number of ketones is 4. The molecule has 4 nitrogen and oxygen atoms in total. The molecular formula is C54H76O4. The first-order valence-corrected chi connectivity index (χ1v) is 24.8. The van der Waals surface area contributed by atoms with Crippen LogP contribution in [0.5, 0.6) is 0 Å². The molecule has 0 bridgehead atoms. The van der Waals surface area contributed by atoms with Gasteiger partial charge in [0.05, 0.1) is 0 Å². The first kappa shape index (κ1) is 41.0. The summed E-state index contributed by atoms with van der Waals surface area (Å²) in [5.74, 6) is 6.61. The maximum absolute atomic E-state index is 13.4. The van der Waals surface area contributed by atoms with Crippen molar-refractivity contribution in [2.45, 2.75) is 195 Å². The maximum atomic E-state index is 13.4. The molecule has 0 aromatic heterocycles. The Kier molecular flexibility index (Phi) is 11.2. The van der Waals surface area contributed by atoms with Crippen molar-refractivity contribution in [1.29, 1.82) is 0 Å². The SMILES string of the molecule is C[C@]12CC[C@H]3[C@@H](CCC4=CC(=O)CC[C@@]43C)[C@@H]1CC[C@@H]2C(=O)C=C1CCCCC1.C[C@]12CC[C@H]3[C@@H](CCC4=CC(=O)CC[C@@]43C)[C@@H]1CC[C@@H]2C(=O)CC1=CCCCC1. The summed E-state index contributed by atoms with van der Waals surface area (Å²) in [6.07, 6.45) is 38.1. The summed E-state index contributed by atoms with van der Waals surface area (Å²) in [4.78, 5) is 50.7. The minimum atomic E-state index is 0.200. The molecule has 0 spiro atoms. The summed E-state index contributed by atoms with van der Waals surface area (Å²) in [5, 5.41) is 0. The number of rotatable bonds is 5. The van der Waals surface area contributed by atoms with Gasteiger partial charge in [-0.2, -0.15) is 0 Å². The van der Waals surface area contributed by atoms with Crippen LogP contribution in [0.15, 0.2) is 46.6 Å². The average molecular weight is 789 g/mol. The van der Waals surface area contributed by atoms with E-state index in [1.165, 1.54) is 112 Å². The number of hydrogen-bond acceptors (Lipinski definition) is 4. The summed E-state index contributed by atoms with van der Waals surface area (Å²) in [5.41, 5.74) is 6.65. The molecule has 0 aliphatic heterocycles. The van der Waals surface area contributed by atoms with Crippen LogP contribution in [-0.2, 0) is 19.2 Å². The lowest BCUT2D eigenvalue weighted by Gasteiger charge is -2.58. The third-order valence-electron chi connectivity index (χ3n) is 20.3. The third-order valence-corrected chi connectivity index (χ3v) is 20.3. The van der Waals surface area contributed by atoms with Crippen molar-refractivity contribution in [3.63, 3.8) is 0 Å². The van der Waals surface area contributed by atoms with E-state index < -0.39 is 0 Å². The van der Waals surface area contributed by atoms with E-state index in [2.05, 4.69) is 39.8 Å². The van der Waals surface area contributed by atoms with Gasteiger partial charge in [0, 0.05) is 31.1 Å². The van der Waals surface area contributed by atoms with Gasteiger partial charge in [-0.25, -0.2) is 0 Å². The average Bonchev–Trinajstić information content (AvgIpc) is 3.76. The van der Waals surface area contributed by atoms with E-state index in [1.807, 2.05) is 12.2 Å². The van der Waals surface area contributed by atoms with E-state index >= 15 is 0 Å². The predicted octanol–water partition coefficient (Wildman–Crippen LogP) is 13.2. The highest BCUT2D eigenvalue weighted by atomic mass is 16.1. The van der Waals surface area contributed by atoms with Crippen molar-refractivity contribution >= 4 is 23.1 Å². The molecule has 0 N–H and O–H groups in total. The Morgan fingerprint density at radius 2 is 1.10 bits per heavy atom. The zero-order valence-corrected chi connectivity index (χ0v) is 36.9. The lowest BCUT2D eigenvalue weighted by atomic mass is 9.46. The number of Topliss-reactive ketones (excluding diaryl/α,β-unsaturated/α-hetero) is 1.